The highest BCUT2D eigenvalue weighted by molar-refractivity contribution is 7.99. The molecule has 0 aliphatic heterocycles. The quantitative estimate of drug-likeness (QED) is 0.274. The van der Waals surface area contributed by atoms with E-state index in [-0.39, 0.29) is 0 Å². The summed E-state index contributed by atoms with van der Waals surface area (Å²) in [7, 11) is 0. The average Bonchev–Trinajstić information content (AvgIpc) is 2.95. The van der Waals surface area contributed by atoms with Crippen LogP contribution in [-0.2, 0) is 6.54 Å². The Balaban J connectivity index is 0.00000165. The smallest absolute Gasteiger partial charge is 0.0756 e. The van der Waals surface area contributed by atoms with Gasteiger partial charge in [-0.2, -0.15) is 0 Å². The maximum Gasteiger partial charge on any atom is 0.0756 e. The minimum absolute atomic E-state index is 0.685. The number of aromatic nitrogens is 1. The van der Waals surface area contributed by atoms with Gasteiger partial charge in [0, 0.05) is 28.1 Å². The van der Waals surface area contributed by atoms with Crippen LogP contribution >= 0.6 is 35.0 Å². The Bertz CT molecular complexity index is 703. The van der Waals surface area contributed by atoms with Crippen molar-refractivity contribution in [2.45, 2.75) is 59.5 Å². The summed E-state index contributed by atoms with van der Waals surface area (Å²) < 4.78 is 2.30. The second-order valence-electron chi connectivity index (χ2n) is 6.95. The van der Waals surface area contributed by atoms with Gasteiger partial charge in [-0.25, -0.2) is 0 Å². The first-order chi connectivity index (χ1) is 13.2. The maximum absolute atomic E-state index is 6.18. The van der Waals surface area contributed by atoms with Crippen LogP contribution in [0.2, 0.25) is 0 Å². The Morgan fingerprint density at radius 3 is 2.43 bits per heavy atom. The van der Waals surface area contributed by atoms with Gasteiger partial charge in [0.25, 0.3) is 0 Å². The van der Waals surface area contributed by atoms with Gasteiger partial charge in [-0.15, -0.1) is 11.8 Å². The van der Waals surface area contributed by atoms with E-state index in [4.69, 9.17) is 23.2 Å². The third kappa shape index (κ3) is 12.4. The number of rotatable bonds is 9. The molecule has 0 radical (unpaired) electrons. The number of allylic oxidation sites excluding steroid dienone is 8. The van der Waals surface area contributed by atoms with Crippen LogP contribution < -0.4 is 0 Å². The van der Waals surface area contributed by atoms with E-state index in [2.05, 4.69) is 57.0 Å². The molecule has 0 unspecified atom stereocenters. The lowest BCUT2D eigenvalue weighted by molar-refractivity contribution is 0.709. The topological polar surface area (TPSA) is 4.93 Å². The van der Waals surface area contributed by atoms with Crippen molar-refractivity contribution in [3.05, 3.63) is 76.5 Å². The van der Waals surface area contributed by atoms with Gasteiger partial charge in [0.15, 0.2) is 0 Å². The van der Waals surface area contributed by atoms with Crippen LogP contribution in [-0.4, -0.2) is 10.3 Å². The minimum Gasteiger partial charge on any atom is -0.336 e. The fourth-order valence-electron chi connectivity index (χ4n) is 2.10. The Morgan fingerprint density at radius 2 is 1.89 bits per heavy atom. The zero-order chi connectivity index (χ0) is 21.5. The minimum atomic E-state index is 0.685. The summed E-state index contributed by atoms with van der Waals surface area (Å²) in [4.78, 5) is 0. The molecule has 0 atom stereocenters. The summed E-state index contributed by atoms with van der Waals surface area (Å²) in [6.45, 7) is 17.3. The van der Waals surface area contributed by atoms with Crippen LogP contribution in [0.5, 0.6) is 0 Å². The Morgan fingerprint density at radius 1 is 1.25 bits per heavy atom. The molecule has 1 aromatic rings. The fourth-order valence-corrected chi connectivity index (χ4v) is 3.54. The van der Waals surface area contributed by atoms with Crippen molar-refractivity contribution in [1.29, 1.82) is 0 Å². The number of halogens is 2. The molecular formula is C24H35Cl2NS. The van der Waals surface area contributed by atoms with Crippen molar-refractivity contribution in [2.24, 2.45) is 5.92 Å². The van der Waals surface area contributed by atoms with Gasteiger partial charge in [0.1, 0.15) is 0 Å². The highest BCUT2D eigenvalue weighted by Crippen LogP contribution is 2.24. The molecule has 0 aliphatic rings. The number of thioether (sulfide) groups is 1. The van der Waals surface area contributed by atoms with E-state index < -0.39 is 0 Å². The van der Waals surface area contributed by atoms with Crippen LogP contribution in [0, 0.1) is 12.8 Å². The molecule has 0 spiro atoms. The van der Waals surface area contributed by atoms with Gasteiger partial charge >= 0.3 is 0 Å². The largest absolute Gasteiger partial charge is 0.336 e. The molecule has 1 heterocycles. The summed E-state index contributed by atoms with van der Waals surface area (Å²) >= 11 is 14.0. The number of hydrogen-bond donors (Lipinski definition) is 0. The first-order valence-electron chi connectivity index (χ1n) is 9.70. The lowest BCUT2D eigenvalue weighted by Gasteiger charge is -2.11. The molecule has 0 fully saturated rings. The van der Waals surface area contributed by atoms with Gasteiger partial charge < -0.3 is 4.57 Å². The first-order valence-corrected chi connectivity index (χ1v) is 11.4. The fraction of sp³-hybridized carbons (Fsp3) is 0.417. The second-order valence-corrected chi connectivity index (χ2v) is 8.92. The normalized spacial score (nSPS) is 13.1. The van der Waals surface area contributed by atoms with Crippen molar-refractivity contribution in [1.82, 2.24) is 4.57 Å². The zero-order valence-electron chi connectivity index (χ0n) is 18.1. The van der Waals surface area contributed by atoms with Crippen molar-refractivity contribution in [3.8, 4) is 0 Å². The van der Waals surface area contributed by atoms with Crippen LogP contribution in [0.3, 0.4) is 0 Å². The highest BCUT2D eigenvalue weighted by Gasteiger charge is 2.06. The Hall–Kier alpha value is -1.09. The standard InChI is InChI=1S/C20H25Cl2NS.C4H10/c1-5-8-17(9-6-2)15-23-16(4)10-11-20(23)24-13-12-19(22)14-18(21)7-3;1-4(2)3/h5-6,8-12,14H,1,7,13,15H2,2-4H3;4H,1-3H3/b9-6-,17-8+,18-14+,19-12+;. The van der Waals surface area contributed by atoms with E-state index in [0.717, 1.165) is 29.7 Å². The summed E-state index contributed by atoms with van der Waals surface area (Å²) in [6, 6.07) is 4.29. The lowest BCUT2D eigenvalue weighted by atomic mass is 10.2. The number of nitrogens with zero attached hydrogens (tertiary/aromatic N) is 1. The maximum atomic E-state index is 6.18. The molecule has 1 nitrogen and oxygen atoms in total. The SMILES string of the molecule is C=C/C=C(\C=C/C)Cn1c(C)ccc1SC/C=C(Cl)\C=C(\Cl)CC.CC(C)C. The monoisotopic (exact) mass is 439 g/mol. The molecule has 0 saturated carbocycles. The second kappa shape index (κ2) is 15.8. The van der Waals surface area contributed by atoms with E-state index in [1.807, 2.05) is 44.2 Å². The average molecular weight is 441 g/mol. The van der Waals surface area contributed by atoms with E-state index in [1.54, 1.807) is 11.8 Å². The molecule has 28 heavy (non-hydrogen) atoms. The van der Waals surface area contributed by atoms with Crippen LogP contribution in [0.25, 0.3) is 0 Å². The van der Waals surface area contributed by atoms with Crippen LogP contribution in [0.4, 0.5) is 0 Å². The third-order valence-corrected chi connectivity index (χ3v) is 4.98. The van der Waals surface area contributed by atoms with E-state index >= 15 is 0 Å². The zero-order valence-corrected chi connectivity index (χ0v) is 20.5. The summed E-state index contributed by atoms with van der Waals surface area (Å²) in [5.41, 5.74) is 2.46. The van der Waals surface area contributed by atoms with Crippen LogP contribution in [0.1, 0.15) is 46.7 Å². The molecule has 0 bridgehead atoms. The van der Waals surface area contributed by atoms with Gasteiger partial charge in [-0.3, -0.25) is 0 Å². The van der Waals surface area contributed by atoms with Crippen molar-refractivity contribution in [3.63, 3.8) is 0 Å². The van der Waals surface area contributed by atoms with Gasteiger partial charge in [-0.1, -0.05) is 87.9 Å². The highest BCUT2D eigenvalue weighted by atomic mass is 35.5. The first kappa shape index (κ1) is 26.9. The van der Waals surface area contributed by atoms with Gasteiger partial charge in [0.2, 0.25) is 0 Å². The molecule has 156 valence electrons. The van der Waals surface area contributed by atoms with Crippen molar-refractivity contribution in [2.75, 3.05) is 5.75 Å². The number of aryl methyl sites for hydroxylation is 1. The van der Waals surface area contributed by atoms with Gasteiger partial charge in [0.05, 0.1) is 5.03 Å². The summed E-state index contributed by atoms with van der Waals surface area (Å²) in [5.74, 6) is 1.64. The molecular weight excluding hydrogens is 405 g/mol. The predicted molar refractivity (Wildman–Crippen MR) is 132 cm³/mol. The molecule has 0 aromatic carbocycles. The number of hydrogen-bond acceptors (Lipinski definition) is 1. The van der Waals surface area contributed by atoms with Gasteiger partial charge in [-0.05, 0) is 50.0 Å². The van der Waals surface area contributed by atoms with Crippen molar-refractivity contribution < 1.29 is 0 Å². The predicted octanol–water partition coefficient (Wildman–Crippen LogP) is 8.89. The molecule has 1 rings (SSSR count). The van der Waals surface area contributed by atoms with E-state index in [1.165, 1.54) is 16.3 Å². The Kier molecular flexibility index (Phi) is 15.2. The molecule has 0 amide bonds. The third-order valence-electron chi connectivity index (χ3n) is 3.35. The molecule has 0 N–H and O–H groups in total. The van der Waals surface area contributed by atoms with E-state index in [9.17, 15) is 0 Å². The van der Waals surface area contributed by atoms with Crippen molar-refractivity contribution >= 4 is 35.0 Å². The van der Waals surface area contributed by atoms with E-state index in [0.29, 0.717) is 5.03 Å². The molecule has 1 aromatic heterocycles. The molecule has 0 aliphatic carbocycles. The summed E-state index contributed by atoms with van der Waals surface area (Å²) in [6.07, 6.45) is 12.6. The Labute approximate surface area is 186 Å². The molecule has 4 heteroatoms. The van der Waals surface area contributed by atoms with Crippen LogP contribution in [0.15, 0.2) is 75.8 Å². The lowest BCUT2D eigenvalue weighted by Crippen LogP contribution is -2.03. The summed E-state index contributed by atoms with van der Waals surface area (Å²) in [5, 5.41) is 2.68. The molecule has 0 saturated heterocycles.